The summed E-state index contributed by atoms with van der Waals surface area (Å²) in [4.78, 5) is 34.8. The number of hydrogen-bond acceptors (Lipinski definition) is 10. The van der Waals surface area contributed by atoms with Gasteiger partial charge in [0, 0.05) is 48.3 Å². The Kier molecular flexibility index (Phi) is 11.2. The predicted molar refractivity (Wildman–Crippen MR) is 209 cm³/mol. The van der Waals surface area contributed by atoms with Gasteiger partial charge in [-0.25, -0.2) is 36.7 Å². The van der Waals surface area contributed by atoms with Crippen molar-refractivity contribution in [2.75, 3.05) is 35.6 Å². The summed E-state index contributed by atoms with van der Waals surface area (Å²) >= 11 is 5.85. The van der Waals surface area contributed by atoms with Crippen molar-refractivity contribution >= 4 is 66.9 Å². The highest BCUT2D eigenvalue weighted by atomic mass is 35.5. The highest BCUT2D eigenvalue weighted by Crippen LogP contribution is 2.28. The van der Waals surface area contributed by atoms with Crippen molar-refractivity contribution in [3.8, 4) is 0 Å². The van der Waals surface area contributed by atoms with E-state index in [1.54, 1.807) is 42.6 Å². The molecule has 0 bridgehead atoms. The molecule has 1 aliphatic carbocycles. The van der Waals surface area contributed by atoms with Crippen LogP contribution in [0.15, 0.2) is 84.5 Å². The van der Waals surface area contributed by atoms with Gasteiger partial charge in [-0.2, -0.15) is 0 Å². The number of H-pyrrole nitrogens is 1. The first-order chi connectivity index (χ1) is 26.1. The van der Waals surface area contributed by atoms with Gasteiger partial charge < -0.3 is 25.8 Å². The molecule has 1 saturated carbocycles. The van der Waals surface area contributed by atoms with E-state index in [2.05, 4.69) is 40.9 Å². The fraction of sp³-hybridized carbons (Fsp3) is 0.342. The van der Waals surface area contributed by atoms with Crippen LogP contribution >= 0.6 is 11.6 Å². The van der Waals surface area contributed by atoms with E-state index in [1.807, 2.05) is 24.1 Å². The van der Waals surface area contributed by atoms with Crippen molar-refractivity contribution < 1.29 is 17.6 Å². The van der Waals surface area contributed by atoms with Gasteiger partial charge in [0.05, 0.1) is 22.2 Å². The van der Waals surface area contributed by atoms with Crippen LogP contribution in [0, 0.1) is 12.7 Å². The zero-order valence-corrected chi connectivity index (χ0v) is 31.4. The monoisotopic (exact) mass is 772 g/mol. The van der Waals surface area contributed by atoms with Gasteiger partial charge in [0.25, 0.3) is 10.0 Å². The van der Waals surface area contributed by atoms with E-state index in [4.69, 9.17) is 11.6 Å². The van der Waals surface area contributed by atoms with Crippen LogP contribution in [0.2, 0.25) is 5.02 Å². The van der Waals surface area contributed by atoms with Crippen LogP contribution in [-0.2, 0) is 14.8 Å². The maximum absolute atomic E-state index is 13.4. The lowest BCUT2D eigenvalue weighted by Gasteiger charge is -2.33. The maximum Gasteiger partial charge on any atom is 0.269 e. The molecular weight excluding hydrogens is 731 g/mol. The molecule has 2 aliphatic rings. The van der Waals surface area contributed by atoms with Gasteiger partial charge in [0.15, 0.2) is 5.65 Å². The SMILES string of the molecule is Cc1ccc(S(=O)(=O)n2ccc3c(NC4CCCCC4)ncnc32)cc1.O=C(CNc1cc(F)cc(Cl)c1)N1CCC[C@@H](Nc2ncnc3[nH]ccc23)C1. The van der Waals surface area contributed by atoms with Crippen LogP contribution in [-0.4, -0.2) is 79.8 Å². The van der Waals surface area contributed by atoms with Crippen molar-refractivity contribution in [3.63, 3.8) is 0 Å². The minimum Gasteiger partial charge on any atom is -0.376 e. The molecule has 2 fully saturated rings. The highest BCUT2D eigenvalue weighted by molar-refractivity contribution is 7.90. The van der Waals surface area contributed by atoms with Gasteiger partial charge in [0.2, 0.25) is 5.91 Å². The van der Waals surface area contributed by atoms with Crippen molar-refractivity contribution in [1.29, 1.82) is 0 Å². The van der Waals surface area contributed by atoms with Crippen LogP contribution in [0.25, 0.3) is 22.1 Å². The highest BCUT2D eigenvalue weighted by Gasteiger charge is 2.25. The number of aryl methyl sites for hydroxylation is 1. The summed E-state index contributed by atoms with van der Waals surface area (Å²) in [5, 5.41) is 11.8. The molecule has 8 rings (SSSR count). The summed E-state index contributed by atoms with van der Waals surface area (Å²) in [5.41, 5.74) is 2.68. The molecule has 0 spiro atoms. The number of carbonyl (C=O) groups is 1. The van der Waals surface area contributed by atoms with E-state index in [0.29, 0.717) is 36.3 Å². The van der Waals surface area contributed by atoms with E-state index >= 15 is 0 Å². The average molecular weight is 773 g/mol. The minimum atomic E-state index is -3.69. The Morgan fingerprint density at radius 3 is 2.39 bits per heavy atom. The number of rotatable bonds is 9. The third-order valence-electron chi connectivity index (χ3n) is 9.75. The van der Waals surface area contributed by atoms with E-state index < -0.39 is 15.8 Å². The van der Waals surface area contributed by atoms with E-state index in [0.717, 1.165) is 53.5 Å². The molecule has 0 radical (unpaired) electrons. The predicted octanol–water partition coefficient (Wildman–Crippen LogP) is 6.99. The Morgan fingerprint density at radius 2 is 1.61 bits per heavy atom. The lowest BCUT2D eigenvalue weighted by Crippen LogP contribution is -2.47. The molecule has 4 N–H and O–H groups in total. The second kappa shape index (κ2) is 16.4. The van der Waals surface area contributed by atoms with Crippen LogP contribution in [0.3, 0.4) is 0 Å². The second-order valence-electron chi connectivity index (χ2n) is 13.7. The molecule has 2 aromatic carbocycles. The molecule has 13 nitrogen and oxygen atoms in total. The van der Waals surface area contributed by atoms with Crippen molar-refractivity contribution in [2.45, 2.75) is 68.8 Å². The molecule has 6 aromatic rings. The summed E-state index contributed by atoms with van der Waals surface area (Å²) in [7, 11) is -3.69. The smallest absolute Gasteiger partial charge is 0.269 e. The summed E-state index contributed by atoms with van der Waals surface area (Å²) in [6.45, 7) is 3.30. The number of amides is 1. The number of hydrogen-bond donors (Lipinski definition) is 4. The molecule has 282 valence electrons. The Labute approximate surface area is 317 Å². The zero-order valence-electron chi connectivity index (χ0n) is 29.8. The van der Waals surface area contributed by atoms with Crippen LogP contribution in [0.4, 0.5) is 21.7 Å². The molecule has 16 heteroatoms. The van der Waals surface area contributed by atoms with Gasteiger partial charge in [-0.05, 0) is 75.1 Å². The number of nitrogens with zero attached hydrogens (tertiary/aromatic N) is 6. The number of aromatic amines is 1. The van der Waals surface area contributed by atoms with Crippen LogP contribution in [0.1, 0.15) is 50.5 Å². The number of nitrogens with one attached hydrogen (secondary N) is 4. The summed E-state index contributed by atoms with van der Waals surface area (Å²) in [6, 6.07) is 15.2. The van der Waals surface area contributed by atoms with Gasteiger partial charge in [0.1, 0.15) is 35.8 Å². The van der Waals surface area contributed by atoms with Crippen LogP contribution in [0.5, 0.6) is 0 Å². The number of fused-ring (bicyclic) bond motifs is 2. The third-order valence-corrected chi connectivity index (χ3v) is 11.6. The number of anilines is 3. The van der Waals surface area contributed by atoms with E-state index in [1.165, 1.54) is 48.0 Å². The molecule has 1 aliphatic heterocycles. The Morgan fingerprint density at radius 1 is 0.889 bits per heavy atom. The normalized spacial score (nSPS) is 16.5. The Hall–Kier alpha value is -5.28. The Bertz CT molecular complexity index is 2320. The first-order valence-electron chi connectivity index (χ1n) is 18.1. The van der Waals surface area contributed by atoms with Gasteiger partial charge in [-0.3, -0.25) is 4.79 Å². The number of likely N-dealkylation sites (tertiary alicyclic amines) is 1. The number of piperidine rings is 1. The topological polar surface area (TPSA) is 163 Å². The quantitative estimate of drug-likeness (QED) is 0.121. The summed E-state index contributed by atoms with van der Waals surface area (Å²) in [5.74, 6) is 0.991. The standard InChI is InChI=1S/C19H20ClFN6O.C19H22N4O2S/c20-12-6-13(21)8-15(7-12)23-9-17(28)27-5-1-2-14(10-27)26-19-16-3-4-22-18(16)24-11-25-19;1-14-7-9-16(10-8-14)26(24,25)23-12-11-17-18(20-13-21-19(17)23)22-15-5-3-2-4-6-15/h3-4,6-8,11,14,23H,1-2,5,9-10H2,(H2,22,24,25,26);7-13,15H,2-6H2,1H3,(H,20,21,22)/t14-;/m1./s1. The van der Waals surface area contributed by atoms with Gasteiger partial charge in [-0.15, -0.1) is 0 Å². The molecule has 0 unspecified atom stereocenters. The van der Waals surface area contributed by atoms with Crippen molar-refractivity contribution in [2.24, 2.45) is 0 Å². The third kappa shape index (κ3) is 8.57. The number of aromatic nitrogens is 6. The molecular formula is C38H42ClFN10O3S. The first-order valence-corrected chi connectivity index (χ1v) is 19.9. The van der Waals surface area contributed by atoms with E-state index in [9.17, 15) is 17.6 Å². The van der Waals surface area contributed by atoms with Crippen molar-refractivity contribution in [3.05, 3.63) is 96.0 Å². The molecule has 54 heavy (non-hydrogen) atoms. The first kappa shape index (κ1) is 37.1. The average Bonchev–Trinajstić information content (AvgIpc) is 3.84. The lowest BCUT2D eigenvalue weighted by molar-refractivity contribution is -0.130. The fourth-order valence-corrected chi connectivity index (χ4v) is 8.47. The largest absolute Gasteiger partial charge is 0.376 e. The Balaban J connectivity index is 0.000000167. The fourth-order valence-electron chi connectivity index (χ4n) is 6.95. The van der Waals surface area contributed by atoms with Crippen LogP contribution < -0.4 is 16.0 Å². The lowest BCUT2D eigenvalue weighted by atomic mass is 9.95. The minimum absolute atomic E-state index is 0.0404. The number of carbonyl (C=O) groups excluding carboxylic acids is 1. The molecule has 1 saturated heterocycles. The number of halogens is 2. The molecule has 1 amide bonds. The van der Waals surface area contributed by atoms with Gasteiger partial charge >= 0.3 is 0 Å². The van der Waals surface area contributed by atoms with Gasteiger partial charge in [-0.1, -0.05) is 48.6 Å². The maximum atomic E-state index is 13.4. The summed E-state index contributed by atoms with van der Waals surface area (Å²) < 4.78 is 40.7. The summed E-state index contributed by atoms with van der Waals surface area (Å²) in [6.07, 6.45) is 14.1. The van der Waals surface area contributed by atoms with E-state index in [-0.39, 0.29) is 28.4 Å². The number of benzene rings is 2. The van der Waals surface area contributed by atoms with Crippen molar-refractivity contribution in [1.82, 2.24) is 33.8 Å². The zero-order chi connectivity index (χ0) is 37.7. The molecule has 5 heterocycles. The molecule has 4 aromatic heterocycles. The molecule has 1 atom stereocenters. The second-order valence-corrected chi connectivity index (χ2v) is 15.9.